The number of hydrogen-bond acceptors (Lipinski definition) is 3. The molecule has 0 spiro atoms. The Hall–Kier alpha value is -2.11. The predicted octanol–water partition coefficient (Wildman–Crippen LogP) is 3.88. The highest BCUT2D eigenvalue weighted by molar-refractivity contribution is 6.35. The Morgan fingerprint density at radius 3 is 2.60 bits per heavy atom. The number of halogens is 2. The number of nitrogens with one attached hydrogen (secondary N) is 1. The van der Waals surface area contributed by atoms with Crippen LogP contribution < -0.4 is 5.32 Å². The average Bonchev–Trinajstić information content (AvgIpc) is 2.65. The fraction of sp³-hybridized carbons (Fsp3) is 0.278. The molecule has 0 saturated carbocycles. The van der Waals surface area contributed by atoms with E-state index in [9.17, 15) is 9.59 Å². The van der Waals surface area contributed by atoms with E-state index in [4.69, 9.17) is 23.2 Å². The third kappa shape index (κ3) is 4.30. The minimum atomic E-state index is -0.159. The highest BCUT2D eigenvalue weighted by atomic mass is 35.5. The number of carbonyl (C=O) groups excluding carboxylic acids is 2. The quantitative estimate of drug-likeness (QED) is 0.882. The van der Waals surface area contributed by atoms with Crippen LogP contribution in [0.25, 0.3) is 0 Å². The minimum absolute atomic E-state index is 0.0511. The Bertz CT molecular complexity index is 775. The van der Waals surface area contributed by atoms with Crippen LogP contribution in [0.1, 0.15) is 23.2 Å². The van der Waals surface area contributed by atoms with Gasteiger partial charge in [-0.2, -0.15) is 0 Å². The standard InChI is InChI=1S/C18H17Cl2N3O2/c19-14-3-4-15(20)16(10-14)22-17(24)12-5-8-23(9-6-12)18(25)13-2-1-7-21-11-13/h1-4,7,10-12H,5-6,8-9H2,(H,22,24). The Kier molecular flexibility index (Phi) is 5.56. The zero-order valence-corrected chi connectivity index (χ0v) is 14.9. The lowest BCUT2D eigenvalue weighted by molar-refractivity contribution is -0.121. The lowest BCUT2D eigenvalue weighted by atomic mass is 9.95. The van der Waals surface area contributed by atoms with Crippen molar-refractivity contribution in [1.29, 1.82) is 0 Å². The van der Waals surface area contributed by atoms with E-state index in [0.717, 1.165) is 0 Å². The van der Waals surface area contributed by atoms with Crippen LogP contribution in [-0.2, 0) is 4.79 Å². The summed E-state index contributed by atoms with van der Waals surface area (Å²) in [6, 6.07) is 8.43. The molecule has 3 rings (SSSR count). The first-order chi connectivity index (χ1) is 12.0. The summed E-state index contributed by atoms with van der Waals surface area (Å²) < 4.78 is 0. The number of rotatable bonds is 3. The lowest BCUT2D eigenvalue weighted by Gasteiger charge is -2.31. The third-order valence-corrected chi connectivity index (χ3v) is 4.81. The van der Waals surface area contributed by atoms with E-state index in [0.29, 0.717) is 47.2 Å². The fourth-order valence-electron chi connectivity index (χ4n) is 2.84. The van der Waals surface area contributed by atoms with Gasteiger partial charge in [-0.05, 0) is 43.2 Å². The summed E-state index contributed by atoms with van der Waals surface area (Å²) in [6.07, 6.45) is 4.41. The molecule has 1 aliphatic heterocycles. The van der Waals surface area contributed by atoms with Gasteiger partial charge in [-0.25, -0.2) is 0 Å². The van der Waals surface area contributed by atoms with Crippen molar-refractivity contribution in [2.24, 2.45) is 5.92 Å². The first kappa shape index (κ1) is 17.7. The summed E-state index contributed by atoms with van der Waals surface area (Å²) in [4.78, 5) is 30.6. The molecular formula is C18H17Cl2N3O2. The number of hydrogen-bond donors (Lipinski definition) is 1. The van der Waals surface area contributed by atoms with Crippen LogP contribution in [0.15, 0.2) is 42.7 Å². The van der Waals surface area contributed by atoms with Gasteiger partial charge in [0.25, 0.3) is 5.91 Å². The van der Waals surface area contributed by atoms with E-state index in [2.05, 4.69) is 10.3 Å². The molecule has 1 N–H and O–H groups in total. The molecule has 0 unspecified atom stereocenters. The van der Waals surface area contributed by atoms with Crippen molar-refractivity contribution < 1.29 is 9.59 Å². The molecule has 1 aliphatic rings. The molecule has 5 nitrogen and oxygen atoms in total. The maximum Gasteiger partial charge on any atom is 0.255 e. The summed E-state index contributed by atoms with van der Waals surface area (Å²) in [5.41, 5.74) is 1.07. The number of aromatic nitrogens is 1. The molecule has 1 aromatic heterocycles. The second-order valence-electron chi connectivity index (χ2n) is 5.92. The topological polar surface area (TPSA) is 62.3 Å². The molecule has 1 aromatic carbocycles. The Balaban J connectivity index is 1.57. The van der Waals surface area contributed by atoms with Crippen molar-refractivity contribution in [1.82, 2.24) is 9.88 Å². The monoisotopic (exact) mass is 377 g/mol. The molecular weight excluding hydrogens is 361 g/mol. The van der Waals surface area contributed by atoms with Gasteiger partial charge in [0.1, 0.15) is 0 Å². The molecule has 0 aliphatic carbocycles. The smallest absolute Gasteiger partial charge is 0.255 e. The normalized spacial score (nSPS) is 15.0. The number of nitrogens with zero attached hydrogens (tertiary/aromatic N) is 2. The number of piperidine rings is 1. The average molecular weight is 378 g/mol. The molecule has 1 saturated heterocycles. The van der Waals surface area contributed by atoms with Crippen LogP contribution in [0.2, 0.25) is 10.0 Å². The zero-order valence-electron chi connectivity index (χ0n) is 13.4. The van der Waals surface area contributed by atoms with Crippen molar-refractivity contribution in [3.8, 4) is 0 Å². The van der Waals surface area contributed by atoms with E-state index < -0.39 is 0 Å². The highest BCUT2D eigenvalue weighted by Crippen LogP contribution is 2.27. The number of amides is 2. The van der Waals surface area contributed by atoms with Gasteiger partial charge >= 0.3 is 0 Å². The second kappa shape index (κ2) is 7.85. The third-order valence-electron chi connectivity index (χ3n) is 4.25. The highest BCUT2D eigenvalue weighted by Gasteiger charge is 2.28. The zero-order chi connectivity index (χ0) is 17.8. The molecule has 25 heavy (non-hydrogen) atoms. The minimum Gasteiger partial charge on any atom is -0.339 e. The maximum absolute atomic E-state index is 12.5. The number of benzene rings is 1. The van der Waals surface area contributed by atoms with Gasteiger partial charge in [0.15, 0.2) is 0 Å². The van der Waals surface area contributed by atoms with Crippen molar-refractivity contribution >= 4 is 40.7 Å². The van der Waals surface area contributed by atoms with E-state index >= 15 is 0 Å². The largest absolute Gasteiger partial charge is 0.339 e. The number of pyridine rings is 1. The van der Waals surface area contributed by atoms with Crippen molar-refractivity contribution in [3.63, 3.8) is 0 Å². The Labute approximate surface area is 155 Å². The van der Waals surface area contributed by atoms with Crippen molar-refractivity contribution in [2.75, 3.05) is 18.4 Å². The predicted molar refractivity (Wildman–Crippen MR) is 98.0 cm³/mol. The van der Waals surface area contributed by atoms with Gasteiger partial charge in [-0.15, -0.1) is 0 Å². The summed E-state index contributed by atoms with van der Waals surface area (Å²) in [5, 5.41) is 3.78. The van der Waals surface area contributed by atoms with Gasteiger partial charge in [-0.3, -0.25) is 14.6 Å². The van der Waals surface area contributed by atoms with Crippen molar-refractivity contribution in [3.05, 3.63) is 58.3 Å². The summed E-state index contributed by atoms with van der Waals surface area (Å²) in [5.74, 6) is -0.310. The fourth-order valence-corrected chi connectivity index (χ4v) is 3.18. The first-order valence-electron chi connectivity index (χ1n) is 8.00. The van der Waals surface area contributed by atoms with E-state index in [1.807, 2.05) is 0 Å². The molecule has 1 fully saturated rings. The summed E-state index contributed by atoms with van der Waals surface area (Å²) in [7, 11) is 0. The first-order valence-corrected chi connectivity index (χ1v) is 8.75. The molecule has 2 aromatic rings. The number of anilines is 1. The van der Waals surface area contributed by atoms with Crippen LogP contribution in [0.5, 0.6) is 0 Å². The van der Waals surface area contributed by atoms with Crippen LogP contribution in [0, 0.1) is 5.92 Å². The molecule has 2 amide bonds. The van der Waals surface area contributed by atoms with E-state index in [-0.39, 0.29) is 17.7 Å². The lowest BCUT2D eigenvalue weighted by Crippen LogP contribution is -2.41. The summed E-state index contributed by atoms with van der Waals surface area (Å²) >= 11 is 12.0. The van der Waals surface area contributed by atoms with Crippen LogP contribution in [0.4, 0.5) is 5.69 Å². The number of likely N-dealkylation sites (tertiary alicyclic amines) is 1. The maximum atomic E-state index is 12.5. The molecule has 130 valence electrons. The van der Waals surface area contributed by atoms with Crippen LogP contribution >= 0.6 is 23.2 Å². The van der Waals surface area contributed by atoms with E-state index in [1.54, 1.807) is 47.6 Å². The summed E-state index contributed by atoms with van der Waals surface area (Å²) in [6.45, 7) is 1.07. The van der Waals surface area contributed by atoms with Crippen LogP contribution in [0.3, 0.4) is 0 Å². The molecule has 2 heterocycles. The van der Waals surface area contributed by atoms with Gasteiger partial charge in [0.05, 0.1) is 16.3 Å². The molecule has 0 radical (unpaired) electrons. The van der Waals surface area contributed by atoms with E-state index in [1.165, 1.54) is 0 Å². The molecule has 0 bridgehead atoms. The van der Waals surface area contributed by atoms with Gasteiger partial charge < -0.3 is 10.2 Å². The SMILES string of the molecule is O=C(Nc1cc(Cl)ccc1Cl)C1CCN(C(=O)c2cccnc2)CC1. The Morgan fingerprint density at radius 1 is 1.16 bits per heavy atom. The molecule has 0 atom stereocenters. The van der Waals surface area contributed by atoms with Gasteiger partial charge in [0.2, 0.25) is 5.91 Å². The van der Waals surface area contributed by atoms with Gasteiger partial charge in [-0.1, -0.05) is 23.2 Å². The second-order valence-corrected chi connectivity index (χ2v) is 6.77. The number of carbonyl (C=O) groups is 2. The van der Waals surface area contributed by atoms with Crippen molar-refractivity contribution in [2.45, 2.75) is 12.8 Å². The van der Waals surface area contributed by atoms with Crippen LogP contribution in [-0.4, -0.2) is 34.8 Å². The Morgan fingerprint density at radius 2 is 1.92 bits per heavy atom. The van der Waals surface area contributed by atoms with Gasteiger partial charge in [0, 0.05) is 36.4 Å². The molecule has 7 heteroatoms.